The van der Waals surface area contributed by atoms with E-state index in [1.54, 1.807) is 6.92 Å². The zero-order valence-corrected chi connectivity index (χ0v) is 10.7. The molecule has 1 N–H and O–H groups in total. The highest BCUT2D eigenvalue weighted by Crippen LogP contribution is 2.27. The van der Waals surface area contributed by atoms with Gasteiger partial charge >= 0.3 is 25.8 Å². The summed E-state index contributed by atoms with van der Waals surface area (Å²) < 4.78 is 88.3. The molecule has 0 atom stereocenters. The van der Waals surface area contributed by atoms with E-state index in [0.29, 0.717) is 4.13 Å². The van der Waals surface area contributed by atoms with E-state index in [2.05, 4.69) is 4.18 Å². The van der Waals surface area contributed by atoms with Gasteiger partial charge in [0.15, 0.2) is 0 Å². The largest absolute Gasteiger partial charge is 0.512 e. The molecule has 0 aromatic carbocycles. The number of halogens is 3. The molecule has 1 aliphatic heterocycles. The van der Waals surface area contributed by atoms with Crippen molar-refractivity contribution in [2.24, 2.45) is 5.41 Å². The predicted octanol–water partition coefficient (Wildman–Crippen LogP) is -0.277. The van der Waals surface area contributed by atoms with Crippen LogP contribution in [0.3, 0.4) is 0 Å². The minimum atomic E-state index is -6.01. The molecule has 0 aromatic rings. The minimum absolute atomic E-state index is 0.175. The number of sulfonamides is 1. The Kier molecular flexibility index (Phi) is 3.99. The van der Waals surface area contributed by atoms with Crippen LogP contribution < -0.4 is 4.13 Å². The van der Waals surface area contributed by atoms with Crippen LogP contribution in [0, 0.1) is 5.41 Å². The maximum absolute atomic E-state index is 11.9. The molecule has 1 heterocycles. The number of ether oxygens (including phenoxy) is 1. The van der Waals surface area contributed by atoms with E-state index >= 15 is 0 Å². The van der Waals surface area contributed by atoms with Crippen LogP contribution in [0.15, 0.2) is 0 Å². The lowest BCUT2D eigenvalue weighted by Gasteiger charge is -2.37. The normalized spacial score (nSPS) is 20.4. The molecule has 1 fully saturated rings. The van der Waals surface area contributed by atoms with Crippen molar-refractivity contribution in [1.29, 1.82) is 0 Å². The molecule has 7 nitrogen and oxygen atoms in total. The Morgan fingerprint density at radius 2 is 1.78 bits per heavy atom. The standard InChI is InChI=1S/C6H10F3NO6S2/c1-5(2-15-3-5)4-16-18(13,14)10-17(11,12)6(7,8)9/h10H,2-4H2,1H3. The van der Waals surface area contributed by atoms with Crippen LogP contribution in [0.5, 0.6) is 0 Å². The molecule has 108 valence electrons. The van der Waals surface area contributed by atoms with Crippen molar-refractivity contribution in [1.82, 2.24) is 4.13 Å². The summed E-state index contributed by atoms with van der Waals surface area (Å²) in [6.45, 7) is 1.45. The van der Waals surface area contributed by atoms with E-state index in [1.165, 1.54) is 0 Å². The van der Waals surface area contributed by atoms with Crippen molar-refractivity contribution in [2.75, 3.05) is 19.8 Å². The molecule has 0 spiro atoms. The highest BCUT2D eigenvalue weighted by atomic mass is 32.3. The Morgan fingerprint density at radius 1 is 1.28 bits per heavy atom. The van der Waals surface area contributed by atoms with Crippen molar-refractivity contribution in [2.45, 2.75) is 12.4 Å². The average Bonchev–Trinajstić information content (AvgIpc) is 2.08. The van der Waals surface area contributed by atoms with Gasteiger partial charge in [0.1, 0.15) is 0 Å². The van der Waals surface area contributed by atoms with E-state index in [0.717, 1.165) is 0 Å². The highest BCUT2D eigenvalue weighted by Gasteiger charge is 2.49. The van der Waals surface area contributed by atoms with Gasteiger partial charge in [-0.15, -0.1) is 0 Å². The lowest BCUT2D eigenvalue weighted by molar-refractivity contribution is -0.119. The Bertz CT molecular complexity index is 506. The van der Waals surface area contributed by atoms with Gasteiger partial charge in [-0.2, -0.15) is 21.6 Å². The Balaban J connectivity index is 2.66. The first-order chi connectivity index (χ1) is 7.87. The zero-order valence-electron chi connectivity index (χ0n) is 9.02. The highest BCUT2D eigenvalue weighted by molar-refractivity contribution is 8.03. The minimum Gasteiger partial charge on any atom is -0.380 e. The zero-order chi connectivity index (χ0) is 14.2. The van der Waals surface area contributed by atoms with Gasteiger partial charge in [0.05, 0.1) is 19.8 Å². The first kappa shape index (κ1) is 15.6. The summed E-state index contributed by atoms with van der Waals surface area (Å²) in [5, 5.41) is 0. The fraction of sp³-hybridized carbons (Fsp3) is 1.00. The molecular formula is C6H10F3NO6S2. The first-order valence-electron chi connectivity index (χ1n) is 4.44. The molecule has 0 aliphatic carbocycles. The maximum atomic E-state index is 11.9. The van der Waals surface area contributed by atoms with Crippen LogP contribution in [-0.4, -0.2) is 42.2 Å². The third-order valence-corrected chi connectivity index (χ3v) is 4.71. The van der Waals surface area contributed by atoms with Crippen molar-refractivity contribution in [3.05, 3.63) is 0 Å². The molecule has 0 saturated carbocycles. The molecular weight excluding hydrogens is 303 g/mol. The molecule has 0 aromatic heterocycles. The molecule has 12 heteroatoms. The van der Waals surface area contributed by atoms with Gasteiger partial charge in [0.2, 0.25) is 0 Å². The smallest absolute Gasteiger partial charge is 0.380 e. The van der Waals surface area contributed by atoms with Crippen molar-refractivity contribution < 1.29 is 38.9 Å². The summed E-state index contributed by atoms with van der Waals surface area (Å²) in [6, 6.07) is 0. The second-order valence-electron chi connectivity index (χ2n) is 4.05. The van der Waals surface area contributed by atoms with Gasteiger partial charge in [-0.1, -0.05) is 11.1 Å². The van der Waals surface area contributed by atoms with E-state index in [9.17, 15) is 30.0 Å². The maximum Gasteiger partial charge on any atom is 0.512 e. The van der Waals surface area contributed by atoms with Crippen LogP contribution in [0.25, 0.3) is 0 Å². The topological polar surface area (TPSA) is 98.8 Å². The molecule has 0 unspecified atom stereocenters. The fourth-order valence-corrected chi connectivity index (χ4v) is 3.04. The number of nitrogens with one attached hydrogen (secondary N) is 1. The van der Waals surface area contributed by atoms with Gasteiger partial charge in [0.25, 0.3) is 0 Å². The Morgan fingerprint density at radius 3 is 2.11 bits per heavy atom. The second-order valence-corrected chi connectivity index (χ2v) is 7.33. The van der Waals surface area contributed by atoms with E-state index in [-0.39, 0.29) is 13.2 Å². The number of alkyl halides is 3. The third kappa shape index (κ3) is 3.78. The summed E-state index contributed by atoms with van der Waals surface area (Å²) >= 11 is 0. The van der Waals surface area contributed by atoms with Crippen LogP contribution in [0.4, 0.5) is 13.2 Å². The Hall–Kier alpha value is -0.430. The fourth-order valence-electron chi connectivity index (χ4n) is 0.959. The van der Waals surface area contributed by atoms with E-state index < -0.39 is 37.9 Å². The first-order valence-corrected chi connectivity index (χ1v) is 7.33. The number of hydrogen-bond acceptors (Lipinski definition) is 6. The summed E-state index contributed by atoms with van der Waals surface area (Å²) in [5.74, 6) is 0. The van der Waals surface area contributed by atoms with Gasteiger partial charge in [-0.25, -0.2) is 8.42 Å². The van der Waals surface area contributed by atoms with E-state index in [1.807, 2.05) is 0 Å². The van der Waals surface area contributed by atoms with E-state index in [4.69, 9.17) is 4.74 Å². The molecule has 0 amide bonds. The quantitative estimate of drug-likeness (QED) is 0.750. The van der Waals surface area contributed by atoms with Gasteiger partial charge in [0, 0.05) is 5.41 Å². The lowest BCUT2D eigenvalue weighted by Crippen LogP contribution is -2.46. The second kappa shape index (κ2) is 4.59. The summed E-state index contributed by atoms with van der Waals surface area (Å²) in [6.07, 6.45) is 0. The third-order valence-electron chi connectivity index (χ3n) is 1.98. The monoisotopic (exact) mass is 313 g/mol. The molecule has 1 saturated heterocycles. The van der Waals surface area contributed by atoms with Crippen molar-refractivity contribution in [3.63, 3.8) is 0 Å². The summed E-state index contributed by atoms with van der Waals surface area (Å²) in [7, 11) is -11.1. The molecule has 1 rings (SSSR count). The van der Waals surface area contributed by atoms with Gasteiger partial charge < -0.3 is 4.74 Å². The van der Waals surface area contributed by atoms with Crippen LogP contribution in [0.2, 0.25) is 0 Å². The SMILES string of the molecule is CC1(COS(=O)(=O)NS(=O)(=O)C(F)(F)F)COC1. The average molecular weight is 313 g/mol. The molecule has 1 aliphatic rings. The molecule has 18 heavy (non-hydrogen) atoms. The Labute approximate surface area is 102 Å². The van der Waals surface area contributed by atoms with Crippen molar-refractivity contribution in [3.8, 4) is 0 Å². The van der Waals surface area contributed by atoms with Crippen molar-refractivity contribution >= 4 is 20.3 Å². The van der Waals surface area contributed by atoms with Gasteiger partial charge in [-0.3, -0.25) is 4.18 Å². The lowest BCUT2D eigenvalue weighted by atomic mass is 9.90. The summed E-state index contributed by atoms with van der Waals surface area (Å²) in [5.41, 5.74) is -6.39. The number of hydrogen-bond donors (Lipinski definition) is 1. The molecule has 0 radical (unpaired) electrons. The summed E-state index contributed by atoms with van der Waals surface area (Å²) in [4.78, 5) is 0. The van der Waals surface area contributed by atoms with Crippen LogP contribution in [-0.2, 0) is 29.2 Å². The predicted molar refractivity (Wildman–Crippen MR) is 51.9 cm³/mol. The van der Waals surface area contributed by atoms with Crippen LogP contribution >= 0.6 is 0 Å². The van der Waals surface area contributed by atoms with Crippen LogP contribution in [0.1, 0.15) is 6.92 Å². The van der Waals surface area contributed by atoms with Gasteiger partial charge in [-0.05, 0) is 0 Å². The molecule has 0 bridgehead atoms. The number of rotatable bonds is 5.